The fourth-order valence-electron chi connectivity index (χ4n) is 3.28. The maximum atomic E-state index is 12.5. The summed E-state index contributed by atoms with van der Waals surface area (Å²) in [4.78, 5) is 12.5. The van der Waals surface area contributed by atoms with E-state index in [0.717, 1.165) is 35.3 Å². The predicted octanol–water partition coefficient (Wildman–Crippen LogP) is 5.59. The van der Waals surface area contributed by atoms with E-state index >= 15 is 0 Å². The summed E-state index contributed by atoms with van der Waals surface area (Å²) in [5.41, 5.74) is 3.01. The fourth-order valence-corrected chi connectivity index (χ4v) is 3.28. The number of benzene rings is 3. The second-order valence-electron chi connectivity index (χ2n) is 7.70. The fraction of sp³-hybridized carbons (Fsp3) is 0.276. The van der Waals surface area contributed by atoms with Gasteiger partial charge in [0.2, 0.25) is 5.78 Å². The lowest BCUT2D eigenvalue weighted by Gasteiger charge is -2.17. The minimum atomic E-state index is -0.218. The third kappa shape index (κ3) is 9.33. The summed E-state index contributed by atoms with van der Waals surface area (Å²) in [6.45, 7) is 1.62. The Bertz CT molecular complexity index is 1020. The Morgan fingerprint density at radius 1 is 0.848 bits per heavy atom. The first-order valence-corrected chi connectivity index (χ1v) is 11.2. The van der Waals surface area contributed by atoms with Crippen LogP contribution >= 0.6 is 0 Å². The van der Waals surface area contributed by atoms with Crippen molar-refractivity contribution in [3.63, 3.8) is 0 Å². The SMILES string of the molecule is COc1ccc(COC(CCCOCc2ccccc2)CC(=O)C#Cc2ccccc2)cc1. The quantitative estimate of drug-likeness (QED) is 0.271. The van der Waals surface area contributed by atoms with Gasteiger partial charge in [-0.3, -0.25) is 4.79 Å². The summed E-state index contributed by atoms with van der Waals surface area (Å²) in [5, 5.41) is 0. The van der Waals surface area contributed by atoms with E-state index in [1.165, 1.54) is 0 Å². The van der Waals surface area contributed by atoms with Crippen LogP contribution in [0.3, 0.4) is 0 Å². The first-order chi connectivity index (χ1) is 16.2. The molecular weight excluding hydrogens is 412 g/mol. The molecule has 3 aromatic carbocycles. The topological polar surface area (TPSA) is 44.8 Å². The molecule has 0 aliphatic rings. The highest BCUT2D eigenvalue weighted by atomic mass is 16.5. The molecule has 0 saturated carbocycles. The molecule has 0 aliphatic carbocycles. The van der Waals surface area contributed by atoms with E-state index < -0.39 is 0 Å². The van der Waals surface area contributed by atoms with Gasteiger partial charge < -0.3 is 14.2 Å². The van der Waals surface area contributed by atoms with Gasteiger partial charge in [-0.1, -0.05) is 66.6 Å². The molecule has 4 nitrogen and oxygen atoms in total. The third-order valence-electron chi connectivity index (χ3n) is 5.10. The molecule has 3 aromatic rings. The second kappa shape index (κ2) is 13.9. The van der Waals surface area contributed by atoms with E-state index in [9.17, 15) is 4.79 Å². The van der Waals surface area contributed by atoms with Crippen LogP contribution in [0, 0.1) is 11.8 Å². The van der Waals surface area contributed by atoms with Crippen LogP contribution in [0.15, 0.2) is 84.9 Å². The van der Waals surface area contributed by atoms with Gasteiger partial charge in [0.15, 0.2) is 0 Å². The molecule has 0 bridgehead atoms. The van der Waals surface area contributed by atoms with Gasteiger partial charge in [0.1, 0.15) is 5.75 Å². The monoisotopic (exact) mass is 442 g/mol. The number of rotatable bonds is 12. The van der Waals surface area contributed by atoms with Crippen LogP contribution in [0.4, 0.5) is 0 Å². The first-order valence-electron chi connectivity index (χ1n) is 11.2. The summed E-state index contributed by atoms with van der Waals surface area (Å²) in [7, 11) is 1.64. The molecule has 0 aromatic heterocycles. The summed E-state index contributed by atoms with van der Waals surface area (Å²) >= 11 is 0. The summed E-state index contributed by atoms with van der Waals surface area (Å²) in [6.07, 6.45) is 1.57. The lowest BCUT2D eigenvalue weighted by Crippen LogP contribution is -2.18. The Labute approximate surface area is 196 Å². The molecule has 0 spiro atoms. The molecule has 3 rings (SSSR count). The number of ketones is 1. The van der Waals surface area contributed by atoms with Gasteiger partial charge in [0.25, 0.3) is 0 Å². The Hall–Kier alpha value is -3.39. The van der Waals surface area contributed by atoms with E-state index in [4.69, 9.17) is 14.2 Å². The van der Waals surface area contributed by atoms with Gasteiger partial charge in [-0.25, -0.2) is 0 Å². The van der Waals surface area contributed by atoms with Gasteiger partial charge in [-0.05, 0) is 54.2 Å². The lowest BCUT2D eigenvalue weighted by molar-refractivity contribution is -0.117. The zero-order valence-corrected chi connectivity index (χ0v) is 19.0. The lowest BCUT2D eigenvalue weighted by atomic mass is 10.1. The Kier molecular flexibility index (Phi) is 10.2. The summed E-state index contributed by atoms with van der Waals surface area (Å²) in [5.74, 6) is 6.37. The summed E-state index contributed by atoms with van der Waals surface area (Å²) in [6, 6.07) is 27.4. The number of Topliss-reactive ketones (excluding diaryl/α,β-unsaturated/α-hetero) is 1. The van der Waals surface area contributed by atoms with Crippen LogP contribution in [0.2, 0.25) is 0 Å². The zero-order valence-electron chi connectivity index (χ0n) is 19.0. The van der Waals surface area contributed by atoms with E-state index in [1.54, 1.807) is 7.11 Å². The van der Waals surface area contributed by atoms with Crippen LogP contribution in [-0.4, -0.2) is 25.6 Å². The average Bonchev–Trinajstić information content (AvgIpc) is 2.87. The third-order valence-corrected chi connectivity index (χ3v) is 5.10. The number of hydrogen-bond acceptors (Lipinski definition) is 4. The largest absolute Gasteiger partial charge is 0.497 e. The van der Waals surface area contributed by atoms with Crippen molar-refractivity contribution in [3.05, 3.63) is 102 Å². The number of carbonyl (C=O) groups is 1. The second-order valence-corrected chi connectivity index (χ2v) is 7.70. The standard InChI is InChI=1S/C29H30O4/c1-31-28-18-15-26(16-19-28)23-33-29(13-8-20-32-22-25-11-6-3-7-12-25)21-27(30)17-14-24-9-4-2-5-10-24/h2-7,9-12,15-16,18-19,29H,8,13,20-23H2,1H3. The maximum Gasteiger partial charge on any atom is 0.208 e. The summed E-state index contributed by atoms with van der Waals surface area (Å²) < 4.78 is 17.1. The number of methoxy groups -OCH3 is 1. The molecule has 170 valence electrons. The predicted molar refractivity (Wildman–Crippen MR) is 130 cm³/mol. The highest BCUT2D eigenvalue weighted by molar-refractivity contribution is 5.96. The van der Waals surface area contributed by atoms with Crippen molar-refractivity contribution in [2.24, 2.45) is 0 Å². The minimum absolute atomic E-state index is 0.121. The average molecular weight is 443 g/mol. The van der Waals surface area contributed by atoms with Gasteiger partial charge in [0, 0.05) is 18.6 Å². The number of ether oxygens (including phenoxy) is 3. The zero-order chi connectivity index (χ0) is 23.1. The van der Waals surface area contributed by atoms with Crippen molar-refractivity contribution in [3.8, 4) is 17.6 Å². The molecule has 0 fully saturated rings. The molecule has 4 heteroatoms. The molecule has 1 unspecified atom stereocenters. The minimum Gasteiger partial charge on any atom is -0.497 e. The highest BCUT2D eigenvalue weighted by Gasteiger charge is 2.14. The Morgan fingerprint density at radius 3 is 2.21 bits per heavy atom. The number of carbonyl (C=O) groups excluding carboxylic acids is 1. The molecule has 33 heavy (non-hydrogen) atoms. The van der Waals surface area contributed by atoms with Crippen molar-refractivity contribution < 1.29 is 19.0 Å². The van der Waals surface area contributed by atoms with Gasteiger partial charge >= 0.3 is 0 Å². The maximum absolute atomic E-state index is 12.5. The van der Waals surface area contributed by atoms with Gasteiger partial charge in [-0.2, -0.15) is 0 Å². The van der Waals surface area contributed by atoms with Gasteiger partial charge in [0.05, 0.1) is 26.4 Å². The molecule has 1 atom stereocenters. The van der Waals surface area contributed by atoms with E-state index in [-0.39, 0.29) is 18.3 Å². The molecule has 0 saturated heterocycles. The molecule has 0 N–H and O–H groups in total. The molecule has 0 heterocycles. The van der Waals surface area contributed by atoms with E-state index in [1.807, 2.05) is 84.9 Å². The van der Waals surface area contributed by atoms with Crippen molar-refractivity contribution >= 4 is 5.78 Å². The normalized spacial score (nSPS) is 11.3. The first kappa shape index (κ1) is 24.3. The Balaban J connectivity index is 1.51. The van der Waals surface area contributed by atoms with Crippen molar-refractivity contribution in [1.82, 2.24) is 0 Å². The Morgan fingerprint density at radius 2 is 1.52 bits per heavy atom. The van der Waals surface area contributed by atoms with Crippen LogP contribution < -0.4 is 4.74 Å². The van der Waals surface area contributed by atoms with Crippen molar-refractivity contribution in [1.29, 1.82) is 0 Å². The molecule has 0 aliphatic heterocycles. The molecule has 0 amide bonds. The van der Waals surface area contributed by atoms with Crippen LogP contribution in [0.1, 0.15) is 36.0 Å². The molecule has 0 radical (unpaired) electrons. The van der Waals surface area contributed by atoms with Gasteiger partial charge in [-0.15, -0.1) is 0 Å². The number of hydrogen-bond donors (Lipinski definition) is 0. The highest BCUT2D eigenvalue weighted by Crippen LogP contribution is 2.15. The van der Waals surface area contributed by atoms with Crippen molar-refractivity contribution in [2.45, 2.75) is 38.6 Å². The molecular formula is C29H30O4. The van der Waals surface area contributed by atoms with E-state index in [2.05, 4.69) is 11.8 Å². The smallest absolute Gasteiger partial charge is 0.208 e. The van der Waals surface area contributed by atoms with Crippen LogP contribution in [-0.2, 0) is 27.5 Å². The van der Waals surface area contributed by atoms with E-state index in [0.29, 0.717) is 19.8 Å². The van der Waals surface area contributed by atoms with Crippen molar-refractivity contribution in [2.75, 3.05) is 13.7 Å². The van der Waals surface area contributed by atoms with Crippen LogP contribution in [0.5, 0.6) is 5.75 Å². The van der Waals surface area contributed by atoms with Crippen LogP contribution in [0.25, 0.3) is 0 Å².